The highest BCUT2D eigenvalue weighted by Gasteiger charge is 2.11. The van der Waals surface area contributed by atoms with Crippen LogP contribution in [0.25, 0.3) is 11.4 Å². The summed E-state index contributed by atoms with van der Waals surface area (Å²) in [7, 11) is 0. The van der Waals surface area contributed by atoms with Crippen molar-refractivity contribution >= 4 is 23.3 Å². The first kappa shape index (κ1) is 15.8. The summed E-state index contributed by atoms with van der Waals surface area (Å²) in [5.41, 5.74) is 0.804. The Morgan fingerprint density at radius 1 is 1.12 bits per heavy atom. The Bertz CT molecular complexity index is 816. The SMILES string of the molecule is O=C(Cn1nnc(-c2ccccc2)n1)NC(=O)NCc1cccs1. The number of nitrogens with zero attached hydrogens (tertiary/aromatic N) is 4. The summed E-state index contributed by atoms with van der Waals surface area (Å²) < 4.78 is 0. The first-order valence-electron chi connectivity index (χ1n) is 7.14. The summed E-state index contributed by atoms with van der Waals surface area (Å²) in [5.74, 6) is -0.0961. The molecule has 2 N–H and O–H groups in total. The van der Waals surface area contributed by atoms with Crippen molar-refractivity contribution < 1.29 is 9.59 Å². The smallest absolute Gasteiger partial charge is 0.321 e. The fraction of sp³-hybridized carbons (Fsp3) is 0.133. The highest BCUT2D eigenvalue weighted by atomic mass is 32.1. The lowest BCUT2D eigenvalue weighted by Crippen LogP contribution is -2.40. The second kappa shape index (κ2) is 7.47. The molecule has 0 fully saturated rings. The number of nitrogens with one attached hydrogen (secondary N) is 2. The van der Waals surface area contributed by atoms with Gasteiger partial charge in [-0.15, -0.1) is 21.5 Å². The minimum atomic E-state index is -0.559. The topological polar surface area (TPSA) is 102 Å². The average molecular weight is 342 g/mol. The number of hydrogen-bond donors (Lipinski definition) is 2. The minimum Gasteiger partial charge on any atom is -0.333 e. The van der Waals surface area contributed by atoms with E-state index in [-0.39, 0.29) is 6.54 Å². The number of tetrazole rings is 1. The Kier molecular flexibility index (Phi) is 4.92. The lowest BCUT2D eigenvalue weighted by molar-refractivity contribution is -0.121. The minimum absolute atomic E-state index is 0.188. The van der Waals surface area contributed by atoms with E-state index in [4.69, 9.17) is 0 Å². The van der Waals surface area contributed by atoms with Gasteiger partial charge in [-0.3, -0.25) is 10.1 Å². The van der Waals surface area contributed by atoms with Crippen LogP contribution in [-0.4, -0.2) is 32.1 Å². The first-order chi connectivity index (χ1) is 11.7. The fourth-order valence-electron chi connectivity index (χ4n) is 1.93. The van der Waals surface area contributed by atoms with E-state index in [2.05, 4.69) is 26.0 Å². The predicted molar refractivity (Wildman–Crippen MR) is 88.0 cm³/mol. The molecular formula is C15H14N6O2S. The fourth-order valence-corrected chi connectivity index (χ4v) is 2.58. The summed E-state index contributed by atoms with van der Waals surface area (Å²) in [4.78, 5) is 25.6. The van der Waals surface area contributed by atoms with Crippen LogP contribution in [-0.2, 0) is 17.9 Å². The summed E-state index contributed by atoms with van der Waals surface area (Å²) in [5, 5.41) is 18.6. The lowest BCUT2D eigenvalue weighted by Gasteiger charge is -2.04. The molecular weight excluding hydrogens is 328 g/mol. The number of hydrogen-bond acceptors (Lipinski definition) is 6. The van der Waals surface area contributed by atoms with Crippen molar-refractivity contribution in [2.75, 3.05) is 0 Å². The summed E-state index contributed by atoms with van der Waals surface area (Å²) >= 11 is 1.53. The van der Waals surface area contributed by atoms with Gasteiger partial charge in [0, 0.05) is 10.4 Å². The van der Waals surface area contributed by atoms with Crippen LogP contribution < -0.4 is 10.6 Å². The molecule has 0 radical (unpaired) electrons. The van der Waals surface area contributed by atoms with Gasteiger partial charge in [-0.1, -0.05) is 36.4 Å². The molecule has 1 aromatic carbocycles. The van der Waals surface area contributed by atoms with Crippen LogP contribution in [0.3, 0.4) is 0 Å². The zero-order valence-electron chi connectivity index (χ0n) is 12.5. The van der Waals surface area contributed by atoms with Crippen LogP contribution >= 0.6 is 11.3 Å². The molecule has 0 aliphatic carbocycles. The maximum absolute atomic E-state index is 11.8. The quantitative estimate of drug-likeness (QED) is 0.730. The molecule has 0 saturated heterocycles. The molecule has 0 saturated carbocycles. The molecule has 24 heavy (non-hydrogen) atoms. The van der Waals surface area contributed by atoms with Gasteiger partial charge < -0.3 is 5.32 Å². The molecule has 8 nitrogen and oxygen atoms in total. The highest BCUT2D eigenvalue weighted by Crippen LogP contribution is 2.11. The molecule has 2 heterocycles. The molecule has 0 spiro atoms. The number of benzene rings is 1. The second-order valence-corrected chi connectivity index (χ2v) is 5.85. The van der Waals surface area contributed by atoms with Crippen molar-refractivity contribution in [2.45, 2.75) is 13.1 Å². The summed E-state index contributed by atoms with van der Waals surface area (Å²) in [6.07, 6.45) is 0. The van der Waals surface area contributed by atoms with E-state index in [1.165, 1.54) is 11.3 Å². The van der Waals surface area contributed by atoms with Crippen molar-refractivity contribution in [2.24, 2.45) is 0 Å². The number of carbonyl (C=O) groups is 2. The molecule has 0 aliphatic rings. The molecule has 2 aromatic heterocycles. The van der Waals surface area contributed by atoms with Gasteiger partial charge in [0.2, 0.25) is 5.82 Å². The number of aromatic nitrogens is 4. The Labute approximate surface area is 141 Å². The summed E-state index contributed by atoms with van der Waals surface area (Å²) in [6, 6.07) is 12.5. The monoisotopic (exact) mass is 342 g/mol. The van der Waals surface area contributed by atoms with E-state index in [9.17, 15) is 9.59 Å². The van der Waals surface area contributed by atoms with Crippen LogP contribution in [0.1, 0.15) is 4.88 Å². The molecule has 3 rings (SSSR count). The number of urea groups is 1. The maximum Gasteiger partial charge on any atom is 0.321 e. The van der Waals surface area contributed by atoms with Crippen molar-refractivity contribution in [3.8, 4) is 11.4 Å². The first-order valence-corrected chi connectivity index (χ1v) is 8.02. The second-order valence-electron chi connectivity index (χ2n) is 4.82. The lowest BCUT2D eigenvalue weighted by atomic mass is 10.2. The predicted octanol–water partition coefficient (Wildman–Crippen LogP) is 1.43. The molecule has 9 heteroatoms. The third-order valence-electron chi connectivity index (χ3n) is 3.03. The van der Waals surface area contributed by atoms with Crippen LogP contribution in [0.4, 0.5) is 4.79 Å². The molecule has 0 bridgehead atoms. The average Bonchev–Trinajstić information content (AvgIpc) is 3.25. The standard InChI is InChI=1S/C15H14N6O2S/c22-13(17-15(23)16-9-12-7-4-8-24-12)10-21-19-14(18-20-21)11-5-2-1-3-6-11/h1-8H,9-10H2,(H2,16,17,22,23). The highest BCUT2D eigenvalue weighted by molar-refractivity contribution is 7.09. The van der Waals surface area contributed by atoms with E-state index >= 15 is 0 Å². The molecule has 0 unspecified atom stereocenters. The number of carbonyl (C=O) groups excluding carboxylic acids is 2. The number of thiophene rings is 1. The van der Waals surface area contributed by atoms with Gasteiger partial charge in [-0.05, 0) is 16.7 Å². The van der Waals surface area contributed by atoms with Gasteiger partial charge in [0.25, 0.3) is 5.91 Å². The van der Waals surface area contributed by atoms with E-state index in [0.29, 0.717) is 12.4 Å². The van der Waals surface area contributed by atoms with Gasteiger partial charge in [0.1, 0.15) is 6.54 Å². The third-order valence-corrected chi connectivity index (χ3v) is 3.90. The van der Waals surface area contributed by atoms with E-state index in [0.717, 1.165) is 15.2 Å². The molecule has 122 valence electrons. The molecule has 3 aromatic rings. The number of imide groups is 1. The van der Waals surface area contributed by atoms with E-state index in [1.54, 1.807) is 0 Å². The van der Waals surface area contributed by atoms with Gasteiger partial charge in [0.15, 0.2) is 0 Å². The van der Waals surface area contributed by atoms with Gasteiger partial charge in [0.05, 0.1) is 6.54 Å². The van der Waals surface area contributed by atoms with E-state index in [1.807, 2.05) is 47.8 Å². The van der Waals surface area contributed by atoms with Crippen LogP contribution in [0, 0.1) is 0 Å². The number of rotatable bonds is 5. The molecule has 0 atom stereocenters. The van der Waals surface area contributed by atoms with Crippen molar-refractivity contribution in [1.29, 1.82) is 0 Å². The maximum atomic E-state index is 11.8. The zero-order valence-corrected chi connectivity index (χ0v) is 13.4. The van der Waals surface area contributed by atoms with Crippen LogP contribution in [0.5, 0.6) is 0 Å². The van der Waals surface area contributed by atoms with Crippen LogP contribution in [0.2, 0.25) is 0 Å². The van der Waals surface area contributed by atoms with Crippen molar-refractivity contribution in [1.82, 2.24) is 30.8 Å². The largest absolute Gasteiger partial charge is 0.333 e. The summed E-state index contributed by atoms with van der Waals surface area (Å²) in [6.45, 7) is 0.183. The van der Waals surface area contributed by atoms with Gasteiger partial charge in [-0.2, -0.15) is 4.80 Å². The zero-order chi connectivity index (χ0) is 16.8. The normalized spacial score (nSPS) is 10.3. The Morgan fingerprint density at radius 3 is 2.71 bits per heavy atom. The Hall–Kier alpha value is -3.07. The Morgan fingerprint density at radius 2 is 1.96 bits per heavy atom. The van der Waals surface area contributed by atoms with Crippen LogP contribution in [0.15, 0.2) is 47.8 Å². The van der Waals surface area contributed by atoms with E-state index < -0.39 is 11.9 Å². The van der Waals surface area contributed by atoms with Gasteiger partial charge in [-0.25, -0.2) is 4.79 Å². The van der Waals surface area contributed by atoms with Gasteiger partial charge >= 0.3 is 6.03 Å². The van der Waals surface area contributed by atoms with Crippen molar-refractivity contribution in [3.05, 3.63) is 52.7 Å². The Balaban J connectivity index is 1.50. The third kappa shape index (κ3) is 4.23. The van der Waals surface area contributed by atoms with Crippen molar-refractivity contribution in [3.63, 3.8) is 0 Å². The molecule has 0 aliphatic heterocycles. The molecule has 3 amide bonds. The number of amides is 3.